The molecule has 1 aromatic rings. The molecule has 2 N–H and O–H groups in total. The van der Waals surface area contributed by atoms with Crippen LogP contribution in [0.25, 0.3) is 0 Å². The quantitative estimate of drug-likeness (QED) is 0.820. The highest BCUT2D eigenvalue weighted by Gasteiger charge is 2.18. The molecule has 5 nitrogen and oxygen atoms in total. The van der Waals surface area contributed by atoms with Crippen molar-refractivity contribution in [1.82, 2.24) is 4.72 Å². The number of halogens is 1. The van der Waals surface area contributed by atoms with Crippen LogP contribution in [0.1, 0.15) is 25.3 Å². The largest absolute Gasteiger partial charge is 0.396 e. The fourth-order valence-electron chi connectivity index (χ4n) is 1.55. The lowest BCUT2D eigenvalue weighted by Gasteiger charge is -2.13. The van der Waals surface area contributed by atoms with Crippen LogP contribution in [0.4, 0.5) is 4.39 Å². The van der Waals surface area contributed by atoms with Gasteiger partial charge in [0.25, 0.3) is 0 Å². The number of aliphatic hydroxyl groups is 1. The van der Waals surface area contributed by atoms with E-state index in [0.29, 0.717) is 12.8 Å². The number of benzene rings is 1. The molecule has 1 aromatic carbocycles. The topological polar surface area (TPSA) is 90.2 Å². The zero-order valence-electron chi connectivity index (χ0n) is 10.4. The maximum Gasteiger partial charge on any atom is 0.240 e. The number of hydrogen-bond acceptors (Lipinski definition) is 4. The Hall–Kier alpha value is -1.49. The molecule has 7 heteroatoms. The molecule has 19 heavy (non-hydrogen) atoms. The average molecular weight is 286 g/mol. The molecule has 1 unspecified atom stereocenters. The lowest BCUT2D eigenvalue weighted by atomic mass is 10.2. The van der Waals surface area contributed by atoms with Crippen LogP contribution in [0.2, 0.25) is 0 Å². The summed E-state index contributed by atoms with van der Waals surface area (Å²) in [6, 6.07) is 4.30. The van der Waals surface area contributed by atoms with E-state index < -0.39 is 15.8 Å². The number of hydrogen-bond donors (Lipinski definition) is 2. The molecule has 0 aliphatic heterocycles. The highest BCUT2D eigenvalue weighted by molar-refractivity contribution is 7.89. The van der Waals surface area contributed by atoms with E-state index in [1.165, 1.54) is 0 Å². The summed E-state index contributed by atoms with van der Waals surface area (Å²) in [6.45, 7) is 1.66. The average Bonchev–Trinajstić information content (AvgIpc) is 2.36. The summed E-state index contributed by atoms with van der Waals surface area (Å²) in [7, 11) is -3.79. The maximum atomic E-state index is 13.1. The minimum Gasteiger partial charge on any atom is -0.396 e. The van der Waals surface area contributed by atoms with Crippen LogP contribution in [-0.4, -0.2) is 26.2 Å². The van der Waals surface area contributed by atoms with Crippen molar-refractivity contribution in [3.05, 3.63) is 29.6 Å². The fourth-order valence-corrected chi connectivity index (χ4v) is 2.85. The summed E-state index contributed by atoms with van der Waals surface area (Å²) in [6.07, 6.45) is 0.971. The molecule has 0 amide bonds. The lowest BCUT2D eigenvalue weighted by molar-refractivity contribution is 0.279. The van der Waals surface area contributed by atoms with Crippen LogP contribution in [-0.2, 0) is 10.0 Å². The van der Waals surface area contributed by atoms with E-state index in [1.807, 2.05) is 0 Å². The Labute approximate surface area is 111 Å². The Morgan fingerprint density at radius 1 is 1.53 bits per heavy atom. The summed E-state index contributed by atoms with van der Waals surface area (Å²) in [5, 5.41) is 17.3. The molecule has 0 saturated carbocycles. The van der Waals surface area contributed by atoms with Crippen LogP contribution >= 0.6 is 0 Å². The van der Waals surface area contributed by atoms with E-state index >= 15 is 0 Å². The molecule has 0 heterocycles. The van der Waals surface area contributed by atoms with Gasteiger partial charge >= 0.3 is 0 Å². The number of nitrogens with one attached hydrogen (secondary N) is 1. The molecular formula is C12H15FN2O3S. The molecule has 0 radical (unpaired) electrons. The fraction of sp³-hybridized carbons (Fsp3) is 0.417. The van der Waals surface area contributed by atoms with Crippen molar-refractivity contribution in [1.29, 1.82) is 5.26 Å². The first kappa shape index (κ1) is 15.6. The Balaban J connectivity index is 2.92. The summed E-state index contributed by atoms with van der Waals surface area (Å²) in [4.78, 5) is -0.152. The normalized spacial score (nSPS) is 12.9. The van der Waals surface area contributed by atoms with Crippen LogP contribution in [0.3, 0.4) is 0 Å². The van der Waals surface area contributed by atoms with Crippen molar-refractivity contribution >= 4 is 10.0 Å². The predicted molar refractivity (Wildman–Crippen MR) is 67.2 cm³/mol. The molecule has 0 aromatic heterocycles. The van der Waals surface area contributed by atoms with E-state index in [1.54, 1.807) is 13.0 Å². The molecule has 1 rings (SSSR count). The van der Waals surface area contributed by atoms with Crippen LogP contribution in [0, 0.1) is 17.1 Å². The van der Waals surface area contributed by atoms with Gasteiger partial charge in [-0.25, -0.2) is 17.5 Å². The number of rotatable bonds is 6. The maximum absolute atomic E-state index is 13.1. The van der Waals surface area contributed by atoms with E-state index in [-0.39, 0.29) is 23.1 Å². The number of nitrogens with zero attached hydrogens (tertiary/aromatic N) is 1. The van der Waals surface area contributed by atoms with Gasteiger partial charge in [-0.05, 0) is 38.0 Å². The van der Waals surface area contributed by atoms with E-state index in [4.69, 9.17) is 10.4 Å². The van der Waals surface area contributed by atoms with Crippen LogP contribution in [0.5, 0.6) is 0 Å². The second kappa shape index (κ2) is 6.61. The minimum atomic E-state index is -3.79. The second-order valence-corrected chi connectivity index (χ2v) is 5.86. The van der Waals surface area contributed by atoms with Gasteiger partial charge in [-0.2, -0.15) is 5.26 Å². The van der Waals surface area contributed by atoms with Crippen LogP contribution < -0.4 is 4.72 Å². The molecule has 0 fully saturated rings. The number of aliphatic hydroxyl groups excluding tert-OH is 1. The van der Waals surface area contributed by atoms with Crippen molar-refractivity contribution in [2.75, 3.05) is 6.61 Å². The van der Waals surface area contributed by atoms with Crippen molar-refractivity contribution < 1.29 is 17.9 Å². The number of nitriles is 1. The standard InChI is InChI=1S/C12H15FN2O3S/c1-9(3-2-6-16)15-19(17,18)11-4-5-12(13)10(7-11)8-14/h4-5,7,9,15-16H,2-3,6H2,1H3. The molecule has 104 valence electrons. The van der Waals surface area contributed by atoms with Gasteiger partial charge in [0.2, 0.25) is 10.0 Å². The van der Waals surface area contributed by atoms with Crippen molar-refractivity contribution in [3.63, 3.8) is 0 Å². The van der Waals surface area contributed by atoms with Gasteiger partial charge in [0.15, 0.2) is 0 Å². The highest BCUT2D eigenvalue weighted by Crippen LogP contribution is 2.15. The highest BCUT2D eigenvalue weighted by atomic mass is 32.2. The van der Waals surface area contributed by atoms with Gasteiger partial charge in [-0.1, -0.05) is 0 Å². The zero-order chi connectivity index (χ0) is 14.5. The van der Waals surface area contributed by atoms with Gasteiger partial charge < -0.3 is 5.11 Å². The van der Waals surface area contributed by atoms with Crippen LogP contribution in [0.15, 0.2) is 23.1 Å². The summed E-state index contributed by atoms with van der Waals surface area (Å²) in [5.74, 6) is -0.755. The smallest absolute Gasteiger partial charge is 0.240 e. The lowest BCUT2D eigenvalue weighted by Crippen LogP contribution is -2.32. The van der Waals surface area contributed by atoms with Gasteiger partial charge in [0.05, 0.1) is 10.5 Å². The predicted octanol–water partition coefficient (Wildman–Crippen LogP) is 1.14. The summed E-state index contributed by atoms with van der Waals surface area (Å²) >= 11 is 0. The third-order valence-electron chi connectivity index (χ3n) is 2.52. The van der Waals surface area contributed by atoms with Crippen molar-refractivity contribution in [2.45, 2.75) is 30.7 Å². The third-order valence-corrected chi connectivity index (χ3v) is 4.11. The van der Waals surface area contributed by atoms with Crippen molar-refractivity contribution in [2.24, 2.45) is 0 Å². The first-order valence-corrected chi connectivity index (χ1v) is 7.22. The Kier molecular flexibility index (Phi) is 5.42. The van der Waals surface area contributed by atoms with Gasteiger partial charge in [0.1, 0.15) is 11.9 Å². The minimum absolute atomic E-state index is 0.0127. The molecule has 0 saturated heterocycles. The first-order valence-electron chi connectivity index (χ1n) is 5.73. The molecule has 0 aliphatic carbocycles. The monoisotopic (exact) mass is 286 g/mol. The molecule has 0 aliphatic rings. The van der Waals surface area contributed by atoms with Gasteiger partial charge in [0, 0.05) is 12.6 Å². The molecule has 1 atom stereocenters. The third kappa shape index (κ3) is 4.28. The Morgan fingerprint density at radius 2 is 2.21 bits per heavy atom. The van der Waals surface area contributed by atoms with E-state index in [9.17, 15) is 12.8 Å². The molecule has 0 bridgehead atoms. The second-order valence-electron chi connectivity index (χ2n) is 4.14. The van der Waals surface area contributed by atoms with Gasteiger partial charge in [-0.3, -0.25) is 0 Å². The number of sulfonamides is 1. The Bertz CT molecular complexity index is 581. The first-order chi connectivity index (χ1) is 8.90. The SMILES string of the molecule is CC(CCCO)NS(=O)(=O)c1ccc(F)c(C#N)c1. The summed E-state index contributed by atoms with van der Waals surface area (Å²) < 4.78 is 39.5. The van der Waals surface area contributed by atoms with Crippen molar-refractivity contribution in [3.8, 4) is 6.07 Å². The summed E-state index contributed by atoms with van der Waals surface area (Å²) in [5.41, 5.74) is -0.314. The zero-order valence-corrected chi connectivity index (χ0v) is 11.2. The molecular weight excluding hydrogens is 271 g/mol. The Morgan fingerprint density at radius 3 is 2.79 bits per heavy atom. The van der Waals surface area contributed by atoms with E-state index in [2.05, 4.69) is 4.72 Å². The van der Waals surface area contributed by atoms with Gasteiger partial charge in [-0.15, -0.1) is 0 Å². The molecule has 0 spiro atoms. The van der Waals surface area contributed by atoms with E-state index in [0.717, 1.165) is 18.2 Å².